The first-order chi connectivity index (χ1) is 13.5. The van der Waals surface area contributed by atoms with Crippen molar-refractivity contribution in [3.8, 4) is 11.4 Å². The van der Waals surface area contributed by atoms with Crippen molar-refractivity contribution in [1.29, 1.82) is 0 Å². The van der Waals surface area contributed by atoms with Gasteiger partial charge in [-0.1, -0.05) is 43.8 Å². The molecule has 3 rings (SSSR count). The quantitative estimate of drug-likeness (QED) is 0.598. The second-order valence-electron chi connectivity index (χ2n) is 6.71. The summed E-state index contributed by atoms with van der Waals surface area (Å²) in [6.45, 7) is 6.25. The summed E-state index contributed by atoms with van der Waals surface area (Å²) in [5, 5.41) is 11.9. The topological polar surface area (TPSA) is 69.0 Å². The SMILES string of the molecule is COc1ccc(-n2cnnc2SCC(=O)Nc2c(C)cccc2C(C)C)cc1. The van der Waals surface area contributed by atoms with Crippen LogP contribution in [0.1, 0.15) is 30.9 Å². The zero-order valence-electron chi connectivity index (χ0n) is 16.5. The molecule has 0 spiro atoms. The monoisotopic (exact) mass is 396 g/mol. The van der Waals surface area contributed by atoms with Crippen LogP contribution in [-0.2, 0) is 4.79 Å². The van der Waals surface area contributed by atoms with Crippen LogP contribution in [0.2, 0.25) is 0 Å². The number of nitrogens with one attached hydrogen (secondary N) is 1. The maximum absolute atomic E-state index is 12.6. The molecule has 3 aromatic rings. The molecule has 7 heteroatoms. The van der Waals surface area contributed by atoms with Gasteiger partial charge < -0.3 is 10.1 Å². The molecule has 2 aromatic carbocycles. The summed E-state index contributed by atoms with van der Waals surface area (Å²) in [5.41, 5.74) is 4.01. The average molecular weight is 397 g/mol. The second kappa shape index (κ2) is 8.93. The first-order valence-corrected chi connectivity index (χ1v) is 10.0. The van der Waals surface area contributed by atoms with Crippen LogP contribution in [0, 0.1) is 6.92 Å². The van der Waals surface area contributed by atoms with Crippen molar-refractivity contribution in [3.05, 3.63) is 59.9 Å². The molecule has 28 heavy (non-hydrogen) atoms. The summed E-state index contributed by atoms with van der Waals surface area (Å²) in [6, 6.07) is 13.7. The fraction of sp³-hybridized carbons (Fsp3) is 0.286. The Hall–Kier alpha value is -2.80. The van der Waals surface area contributed by atoms with Crippen molar-refractivity contribution >= 4 is 23.4 Å². The fourth-order valence-electron chi connectivity index (χ4n) is 2.89. The lowest BCUT2D eigenvalue weighted by Crippen LogP contribution is -2.17. The van der Waals surface area contributed by atoms with E-state index in [1.54, 1.807) is 13.4 Å². The number of nitrogens with zero attached hydrogens (tertiary/aromatic N) is 3. The highest BCUT2D eigenvalue weighted by molar-refractivity contribution is 7.99. The molecule has 6 nitrogen and oxygen atoms in total. The molecule has 1 heterocycles. The van der Waals surface area contributed by atoms with Crippen molar-refractivity contribution < 1.29 is 9.53 Å². The van der Waals surface area contributed by atoms with E-state index < -0.39 is 0 Å². The Bertz CT molecular complexity index is 951. The zero-order valence-corrected chi connectivity index (χ0v) is 17.3. The van der Waals surface area contributed by atoms with Crippen molar-refractivity contribution in [2.45, 2.75) is 31.8 Å². The van der Waals surface area contributed by atoms with E-state index >= 15 is 0 Å². The number of amides is 1. The predicted octanol–water partition coefficient (Wildman–Crippen LogP) is 4.44. The number of carbonyl (C=O) groups is 1. The summed E-state index contributed by atoms with van der Waals surface area (Å²) < 4.78 is 7.04. The largest absolute Gasteiger partial charge is 0.497 e. The van der Waals surface area contributed by atoms with Crippen LogP contribution in [0.5, 0.6) is 5.75 Å². The van der Waals surface area contributed by atoms with Crippen LogP contribution in [0.25, 0.3) is 5.69 Å². The smallest absolute Gasteiger partial charge is 0.234 e. The normalized spacial score (nSPS) is 10.9. The standard InChI is InChI=1S/C21H24N4O2S/c1-14(2)18-7-5-6-15(3)20(18)23-19(26)12-28-21-24-22-13-25(21)16-8-10-17(27-4)11-9-16/h5-11,13-14H,12H2,1-4H3,(H,23,26). The van der Waals surface area contributed by atoms with Gasteiger partial charge >= 0.3 is 0 Å². The van der Waals surface area contributed by atoms with Crippen LogP contribution in [0.3, 0.4) is 0 Å². The first-order valence-electron chi connectivity index (χ1n) is 9.06. The third kappa shape index (κ3) is 4.54. The Labute approximate surface area is 169 Å². The molecule has 0 radical (unpaired) electrons. The number of anilines is 1. The number of aryl methyl sites for hydroxylation is 1. The van der Waals surface area contributed by atoms with Crippen LogP contribution in [0.15, 0.2) is 53.9 Å². The highest BCUT2D eigenvalue weighted by Crippen LogP contribution is 2.28. The number of benzene rings is 2. The number of rotatable bonds is 7. The van der Waals surface area contributed by atoms with E-state index in [0.717, 1.165) is 28.3 Å². The fourth-order valence-corrected chi connectivity index (χ4v) is 3.62. The highest BCUT2D eigenvalue weighted by atomic mass is 32.2. The van der Waals surface area contributed by atoms with Gasteiger partial charge in [0, 0.05) is 11.4 Å². The minimum Gasteiger partial charge on any atom is -0.497 e. The van der Waals surface area contributed by atoms with E-state index in [4.69, 9.17) is 4.74 Å². The van der Waals surface area contributed by atoms with Gasteiger partial charge in [-0.2, -0.15) is 0 Å². The molecular formula is C21H24N4O2S. The van der Waals surface area contributed by atoms with Gasteiger partial charge in [-0.15, -0.1) is 10.2 Å². The van der Waals surface area contributed by atoms with E-state index in [9.17, 15) is 4.79 Å². The first kappa shape index (κ1) is 19.9. The molecule has 0 fully saturated rings. The molecular weight excluding hydrogens is 372 g/mol. The van der Waals surface area contributed by atoms with Crippen LogP contribution in [0.4, 0.5) is 5.69 Å². The van der Waals surface area contributed by atoms with Gasteiger partial charge in [0.25, 0.3) is 0 Å². The van der Waals surface area contributed by atoms with Gasteiger partial charge in [0.2, 0.25) is 5.91 Å². The van der Waals surface area contributed by atoms with Gasteiger partial charge in [-0.25, -0.2) is 0 Å². The molecule has 0 atom stereocenters. The zero-order chi connectivity index (χ0) is 20.1. The van der Waals surface area contributed by atoms with Gasteiger partial charge in [0.1, 0.15) is 12.1 Å². The number of thioether (sulfide) groups is 1. The lowest BCUT2D eigenvalue weighted by Gasteiger charge is -2.16. The van der Waals surface area contributed by atoms with Gasteiger partial charge in [-0.05, 0) is 48.2 Å². The third-order valence-electron chi connectivity index (χ3n) is 4.39. The predicted molar refractivity (Wildman–Crippen MR) is 113 cm³/mol. The number of hydrogen-bond donors (Lipinski definition) is 1. The van der Waals surface area contributed by atoms with Crippen LogP contribution in [-0.4, -0.2) is 33.5 Å². The third-order valence-corrected chi connectivity index (χ3v) is 5.33. The van der Waals surface area contributed by atoms with E-state index in [-0.39, 0.29) is 11.7 Å². The summed E-state index contributed by atoms with van der Waals surface area (Å²) in [7, 11) is 1.63. The van der Waals surface area contributed by atoms with Gasteiger partial charge in [0.05, 0.1) is 12.9 Å². The van der Waals surface area contributed by atoms with E-state index in [0.29, 0.717) is 11.1 Å². The van der Waals surface area contributed by atoms with Gasteiger partial charge in [0.15, 0.2) is 5.16 Å². The molecule has 146 valence electrons. The summed E-state index contributed by atoms with van der Waals surface area (Å²) in [4.78, 5) is 12.6. The Kier molecular flexibility index (Phi) is 6.36. The molecule has 0 saturated carbocycles. The molecule has 1 aromatic heterocycles. The van der Waals surface area contributed by atoms with E-state index in [2.05, 4.69) is 35.4 Å². The van der Waals surface area contributed by atoms with Crippen molar-refractivity contribution in [2.24, 2.45) is 0 Å². The Morgan fingerprint density at radius 2 is 1.96 bits per heavy atom. The van der Waals surface area contributed by atoms with Gasteiger partial charge in [-0.3, -0.25) is 9.36 Å². The summed E-state index contributed by atoms with van der Waals surface area (Å²) in [5.74, 6) is 1.30. The lowest BCUT2D eigenvalue weighted by molar-refractivity contribution is -0.113. The number of ether oxygens (including phenoxy) is 1. The number of carbonyl (C=O) groups excluding carboxylic acids is 1. The molecule has 0 aliphatic rings. The average Bonchev–Trinajstić information content (AvgIpc) is 3.16. The number of methoxy groups -OCH3 is 1. The highest BCUT2D eigenvalue weighted by Gasteiger charge is 2.14. The number of para-hydroxylation sites is 1. The minimum absolute atomic E-state index is 0.0644. The summed E-state index contributed by atoms with van der Waals surface area (Å²) in [6.07, 6.45) is 1.64. The molecule has 0 bridgehead atoms. The number of aromatic nitrogens is 3. The molecule has 0 aliphatic heterocycles. The Morgan fingerprint density at radius 1 is 1.21 bits per heavy atom. The Balaban J connectivity index is 1.69. The molecule has 1 amide bonds. The van der Waals surface area contributed by atoms with Crippen molar-refractivity contribution in [2.75, 3.05) is 18.2 Å². The molecule has 0 saturated heterocycles. The molecule has 0 unspecified atom stereocenters. The van der Waals surface area contributed by atoms with E-state index in [1.807, 2.05) is 47.9 Å². The van der Waals surface area contributed by atoms with Crippen molar-refractivity contribution in [3.63, 3.8) is 0 Å². The minimum atomic E-state index is -0.0644. The molecule has 1 N–H and O–H groups in total. The van der Waals surface area contributed by atoms with Crippen molar-refractivity contribution in [1.82, 2.24) is 14.8 Å². The summed E-state index contributed by atoms with van der Waals surface area (Å²) >= 11 is 1.35. The van der Waals surface area contributed by atoms with Crippen LogP contribution < -0.4 is 10.1 Å². The number of hydrogen-bond acceptors (Lipinski definition) is 5. The molecule has 0 aliphatic carbocycles. The van der Waals surface area contributed by atoms with Crippen LogP contribution >= 0.6 is 11.8 Å². The second-order valence-corrected chi connectivity index (χ2v) is 7.65. The lowest BCUT2D eigenvalue weighted by atomic mass is 9.98. The maximum atomic E-state index is 12.6. The Morgan fingerprint density at radius 3 is 2.64 bits per heavy atom. The van der Waals surface area contributed by atoms with E-state index in [1.165, 1.54) is 11.8 Å². The maximum Gasteiger partial charge on any atom is 0.234 e.